The molecule has 0 atom stereocenters. The molecular weight excluding hydrogens is 442 g/mol. The molecule has 34 heavy (non-hydrogen) atoms. The molecular formula is C21H19N9O4. The third kappa shape index (κ3) is 4.09. The molecule has 5 rings (SSSR count). The Kier molecular flexibility index (Phi) is 5.48. The van der Waals surface area contributed by atoms with Crippen LogP contribution in [0.15, 0.2) is 58.3 Å². The Balaban J connectivity index is 1.39. The van der Waals surface area contributed by atoms with E-state index in [1.807, 2.05) is 42.3 Å². The Morgan fingerprint density at radius 1 is 1.21 bits per heavy atom. The van der Waals surface area contributed by atoms with Gasteiger partial charge in [-0.25, -0.2) is 10.1 Å². The number of nitrogens with two attached hydrogens (primary N) is 1. The van der Waals surface area contributed by atoms with E-state index in [1.54, 1.807) is 18.2 Å². The number of para-hydroxylation sites is 1. The Hall–Kier alpha value is -4.94. The number of carbonyl (C=O) groups excluding carboxylic acids is 1. The van der Waals surface area contributed by atoms with Crippen LogP contribution in [0, 0.1) is 0 Å². The van der Waals surface area contributed by atoms with E-state index >= 15 is 0 Å². The summed E-state index contributed by atoms with van der Waals surface area (Å²) in [6.45, 7) is 0.437. The van der Waals surface area contributed by atoms with Gasteiger partial charge in [-0.3, -0.25) is 4.79 Å². The van der Waals surface area contributed by atoms with Gasteiger partial charge < -0.3 is 20.1 Å². The molecule has 3 N–H and O–H groups in total. The van der Waals surface area contributed by atoms with E-state index in [2.05, 4.69) is 35.8 Å². The average Bonchev–Trinajstić information content (AvgIpc) is 3.59. The zero-order valence-electron chi connectivity index (χ0n) is 18.0. The molecule has 13 heteroatoms. The molecule has 1 aliphatic rings. The fourth-order valence-corrected chi connectivity index (χ4v) is 3.34. The second kappa shape index (κ2) is 8.90. The minimum Gasteiger partial charge on any atom is -0.454 e. The van der Waals surface area contributed by atoms with Crippen LogP contribution in [0.2, 0.25) is 0 Å². The van der Waals surface area contributed by atoms with E-state index in [-0.39, 0.29) is 30.7 Å². The predicted molar refractivity (Wildman–Crippen MR) is 120 cm³/mol. The summed E-state index contributed by atoms with van der Waals surface area (Å²) in [6.07, 6.45) is 1.49. The second-order valence-electron chi connectivity index (χ2n) is 7.27. The molecule has 0 bridgehead atoms. The maximum atomic E-state index is 12.9. The molecule has 172 valence electrons. The van der Waals surface area contributed by atoms with Crippen molar-refractivity contribution in [3.63, 3.8) is 0 Å². The Morgan fingerprint density at radius 3 is 2.82 bits per heavy atom. The minimum absolute atomic E-state index is 0.0151. The third-order valence-electron chi connectivity index (χ3n) is 5.03. The molecule has 4 aromatic rings. The summed E-state index contributed by atoms with van der Waals surface area (Å²) >= 11 is 0. The number of rotatable bonds is 7. The monoisotopic (exact) mass is 461 g/mol. The van der Waals surface area contributed by atoms with Crippen LogP contribution in [0.25, 0.3) is 5.82 Å². The zero-order chi connectivity index (χ0) is 23.5. The van der Waals surface area contributed by atoms with Crippen LogP contribution in [-0.2, 0) is 6.54 Å². The topological polar surface area (TPSA) is 159 Å². The molecule has 13 nitrogen and oxygen atoms in total. The quantitative estimate of drug-likeness (QED) is 0.304. The summed E-state index contributed by atoms with van der Waals surface area (Å²) in [4.78, 5) is 14.9. The number of nitrogens with one attached hydrogen (secondary N) is 1. The number of fused-ring (bicyclic) bond motifs is 1. The van der Waals surface area contributed by atoms with Crippen molar-refractivity contribution in [2.24, 2.45) is 5.10 Å². The van der Waals surface area contributed by atoms with Crippen molar-refractivity contribution in [2.45, 2.75) is 6.54 Å². The van der Waals surface area contributed by atoms with Crippen LogP contribution >= 0.6 is 0 Å². The van der Waals surface area contributed by atoms with Crippen LogP contribution in [0.3, 0.4) is 0 Å². The van der Waals surface area contributed by atoms with E-state index in [1.165, 1.54) is 10.9 Å². The van der Waals surface area contributed by atoms with Crippen molar-refractivity contribution < 1.29 is 18.9 Å². The third-order valence-corrected chi connectivity index (χ3v) is 5.03. The number of carbonyl (C=O) groups is 1. The highest BCUT2D eigenvalue weighted by molar-refractivity contribution is 5.94. The number of hydrazone groups is 1. The van der Waals surface area contributed by atoms with Gasteiger partial charge in [-0.2, -0.15) is 9.78 Å². The van der Waals surface area contributed by atoms with Crippen LogP contribution in [0.4, 0.5) is 11.5 Å². The van der Waals surface area contributed by atoms with Gasteiger partial charge >= 0.3 is 0 Å². The number of amides is 1. The standard InChI is InChI=1S/C21H19N9O4/c1-29(14-5-3-2-4-6-14)11-15-18(24-28-30(15)20-19(22)26-34-27-20)21(31)25-23-10-13-7-8-16-17(9-13)33-12-32-16/h2-10H,11-12H2,1H3,(H2,22,26)(H,25,31)/b23-10+. The normalized spacial score (nSPS) is 12.3. The minimum atomic E-state index is -0.560. The van der Waals surface area contributed by atoms with E-state index in [9.17, 15) is 4.79 Å². The Morgan fingerprint density at radius 2 is 2.03 bits per heavy atom. The molecule has 0 aliphatic carbocycles. The van der Waals surface area contributed by atoms with Crippen molar-refractivity contribution in [3.05, 3.63) is 65.5 Å². The first-order chi connectivity index (χ1) is 16.6. The molecule has 0 spiro atoms. The number of hydrogen-bond acceptors (Lipinski definition) is 11. The van der Waals surface area contributed by atoms with Gasteiger partial charge in [-0.1, -0.05) is 23.4 Å². The van der Waals surface area contributed by atoms with Crippen molar-refractivity contribution in [1.82, 2.24) is 30.7 Å². The van der Waals surface area contributed by atoms with Crippen molar-refractivity contribution >= 4 is 23.6 Å². The van der Waals surface area contributed by atoms with Gasteiger partial charge in [-0.15, -0.1) is 5.10 Å². The van der Waals surface area contributed by atoms with Gasteiger partial charge in [-0.05, 0) is 46.2 Å². The average molecular weight is 461 g/mol. The van der Waals surface area contributed by atoms with E-state index in [0.717, 1.165) is 11.3 Å². The molecule has 3 heterocycles. The Labute approximate surface area is 192 Å². The highest BCUT2D eigenvalue weighted by Crippen LogP contribution is 2.32. The number of nitrogens with zero attached hydrogens (tertiary/aromatic N) is 7. The number of hydrogen-bond donors (Lipinski definition) is 2. The van der Waals surface area contributed by atoms with Gasteiger partial charge in [0.25, 0.3) is 5.91 Å². The van der Waals surface area contributed by atoms with Gasteiger partial charge in [0, 0.05) is 12.7 Å². The number of aromatic nitrogens is 5. The van der Waals surface area contributed by atoms with Gasteiger partial charge in [0.2, 0.25) is 18.4 Å². The largest absolute Gasteiger partial charge is 0.454 e. The summed E-state index contributed by atoms with van der Waals surface area (Å²) in [5.41, 5.74) is 10.4. The molecule has 0 radical (unpaired) electrons. The van der Waals surface area contributed by atoms with Crippen LogP contribution < -0.4 is 25.5 Å². The van der Waals surface area contributed by atoms with Gasteiger partial charge in [0.05, 0.1) is 18.5 Å². The highest BCUT2D eigenvalue weighted by atomic mass is 16.7. The number of benzene rings is 2. The summed E-state index contributed by atoms with van der Waals surface area (Å²) in [5, 5.41) is 19.5. The smallest absolute Gasteiger partial charge is 0.293 e. The summed E-state index contributed by atoms with van der Waals surface area (Å²) in [7, 11) is 1.87. The highest BCUT2D eigenvalue weighted by Gasteiger charge is 2.25. The number of anilines is 2. The first-order valence-electron chi connectivity index (χ1n) is 10.1. The molecule has 0 fully saturated rings. The predicted octanol–water partition coefficient (Wildman–Crippen LogP) is 1.36. The van der Waals surface area contributed by atoms with E-state index < -0.39 is 5.91 Å². The Bertz CT molecular complexity index is 1350. The first kappa shape index (κ1) is 20.9. The SMILES string of the molecule is CN(Cc1c(C(=O)N/N=C/c2ccc3c(c2)OCO3)nnn1-c1nonc1N)c1ccccc1. The van der Waals surface area contributed by atoms with Crippen molar-refractivity contribution in [3.8, 4) is 17.3 Å². The zero-order valence-corrected chi connectivity index (χ0v) is 18.0. The number of nitrogen functional groups attached to an aromatic ring is 1. The van der Waals surface area contributed by atoms with Gasteiger partial charge in [0.15, 0.2) is 17.2 Å². The van der Waals surface area contributed by atoms with Crippen LogP contribution in [0.5, 0.6) is 11.5 Å². The maximum Gasteiger partial charge on any atom is 0.293 e. The molecule has 0 saturated heterocycles. The molecule has 0 unspecified atom stereocenters. The lowest BCUT2D eigenvalue weighted by Crippen LogP contribution is -2.24. The fourth-order valence-electron chi connectivity index (χ4n) is 3.34. The molecule has 2 aromatic heterocycles. The summed E-state index contributed by atoms with van der Waals surface area (Å²) in [5.74, 6) is 0.859. The van der Waals surface area contributed by atoms with Crippen molar-refractivity contribution in [2.75, 3.05) is 24.5 Å². The fraction of sp³-hybridized carbons (Fsp3) is 0.143. The summed E-state index contributed by atoms with van der Waals surface area (Å²) in [6, 6.07) is 15.0. The van der Waals surface area contributed by atoms with E-state index in [0.29, 0.717) is 17.2 Å². The second-order valence-corrected chi connectivity index (χ2v) is 7.27. The maximum absolute atomic E-state index is 12.9. The lowest BCUT2D eigenvalue weighted by Gasteiger charge is -2.19. The molecule has 0 saturated carbocycles. The van der Waals surface area contributed by atoms with Crippen molar-refractivity contribution in [1.29, 1.82) is 0 Å². The van der Waals surface area contributed by atoms with Crippen LogP contribution in [-0.4, -0.2) is 51.3 Å². The molecule has 2 aromatic carbocycles. The van der Waals surface area contributed by atoms with Gasteiger partial charge in [0.1, 0.15) is 0 Å². The van der Waals surface area contributed by atoms with Crippen LogP contribution in [0.1, 0.15) is 21.7 Å². The summed E-state index contributed by atoms with van der Waals surface area (Å²) < 4.78 is 16.6. The number of ether oxygens (including phenoxy) is 2. The lowest BCUT2D eigenvalue weighted by atomic mass is 10.2. The molecule has 1 aliphatic heterocycles. The molecule has 1 amide bonds. The lowest BCUT2D eigenvalue weighted by molar-refractivity contribution is 0.0949. The van der Waals surface area contributed by atoms with E-state index in [4.69, 9.17) is 15.2 Å². The first-order valence-corrected chi connectivity index (χ1v) is 10.1.